The number of aromatic nitrogens is 1. The number of sulfone groups is 2. The van der Waals surface area contributed by atoms with Crippen LogP contribution in [-0.2, 0) is 30.0 Å². The minimum atomic E-state index is -4.18. The zero-order valence-electron chi connectivity index (χ0n) is 16.5. The zero-order valence-corrected chi connectivity index (χ0v) is 18.9. The third-order valence-corrected chi connectivity index (χ3v) is 8.68. The number of ether oxygens (including phenoxy) is 1. The van der Waals surface area contributed by atoms with Gasteiger partial charge >= 0.3 is 0 Å². The molecule has 0 spiro atoms. The highest BCUT2D eigenvalue weighted by Crippen LogP contribution is 2.41. The predicted molar refractivity (Wildman–Crippen MR) is 107 cm³/mol. The van der Waals surface area contributed by atoms with Gasteiger partial charge in [-0.2, -0.15) is 0 Å². The summed E-state index contributed by atoms with van der Waals surface area (Å²) in [5.41, 5.74) is -1.87. The van der Waals surface area contributed by atoms with Crippen molar-refractivity contribution in [3.8, 4) is 0 Å². The van der Waals surface area contributed by atoms with Crippen LogP contribution in [0.1, 0.15) is 37.4 Å². The molecule has 1 saturated heterocycles. The summed E-state index contributed by atoms with van der Waals surface area (Å²) >= 11 is 6.22. The molecule has 0 bridgehead atoms. The number of alkyl halides is 2. The maximum Gasteiger partial charge on any atom is 0.263 e. The maximum atomic E-state index is 13.8. The van der Waals surface area contributed by atoms with Crippen LogP contribution >= 0.6 is 11.6 Å². The monoisotopic (exact) mass is 497 g/mol. The van der Waals surface area contributed by atoms with Gasteiger partial charge in [0.05, 0.1) is 25.8 Å². The summed E-state index contributed by atoms with van der Waals surface area (Å²) in [6, 6.07) is 3.26. The Morgan fingerprint density at radius 1 is 1.16 bits per heavy atom. The van der Waals surface area contributed by atoms with Crippen molar-refractivity contribution < 1.29 is 34.7 Å². The minimum Gasteiger partial charge on any atom is -0.369 e. The van der Waals surface area contributed by atoms with Crippen LogP contribution in [0.3, 0.4) is 0 Å². The van der Waals surface area contributed by atoms with Crippen molar-refractivity contribution in [3.05, 3.63) is 52.6 Å². The third-order valence-electron chi connectivity index (χ3n) is 5.14. The average Bonchev–Trinajstić information content (AvgIpc) is 2.66. The Morgan fingerprint density at radius 3 is 2.42 bits per heavy atom. The van der Waals surface area contributed by atoms with Crippen molar-refractivity contribution in [2.45, 2.75) is 46.8 Å². The molecule has 1 fully saturated rings. The molecule has 0 amide bonds. The predicted octanol–water partition coefficient (Wildman–Crippen LogP) is 4.08. The smallest absolute Gasteiger partial charge is 0.263 e. The summed E-state index contributed by atoms with van der Waals surface area (Å²) in [7, 11) is -7.74. The third kappa shape index (κ3) is 4.89. The fourth-order valence-corrected chi connectivity index (χ4v) is 6.43. The van der Waals surface area contributed by atoms with Gasteiger partial charge in [0.1, 0.15) is 11.4 Å². The molecule has 6 nitrogen and oxygen atoms in total. The molecule has 3 rings (SSSR count). The largest absolute Gasteiger partial charge is 0.369 e. The van der Waals surface area contributed by atoms with Gasteiger partial charge in [-0.25, -0.2) is 30.0 Å². The Kier molecular flexibility index (Phi) is 6.45. The molecule has 0 saturated carbocycles. The normalized spacial score (nSPS) is 22.6. The molecular weight excluding hydrogens is 479 g/mol. The van der Waals surface area contributed by atoms with Gasteiger partial charge in [0.25, 0.3) is 6.43 Å². The molecule has 2 unspecified atom stereocenters. The van der Waals surface area contributed by atoms with E-state index in [0.29, 0.717) is 12.1 Å². The van der Waals surface area contributed by atoms with Gasteiger partial charge in [-0.3, -0.25) is 4.98 Å². The molecule has 1 aromatic carbocycles. The van der Waals surface area contributed by atoms with Gasteiger partial charge in [0.15, 0.2) is 19.7 Å². The Morgan fingerprint density at radius 2 is 1.84 bits per heavy atom. The van der Waals surface area contributed by atoms with Crippen LogP contribution in [0.2, 0.25) is 5.02 Å². The Bertz CT molecular complexity index is 1220. The van der Waals surface area contributed by atoms with E-state index in [1.54, 1.807) is 6.92 Å². The van der Waals surface area contributed by atoms with E-state index in [1.807, 2.05) is 0 Å². The fraction of sp³-hybridized carbons (Fsp3) is 0.421. The summed E-state index contributed by atoms with van der Waals surface area (Å²) in [6.07, 6.45) is -1.02. The number of benzene rings is 1. The second kappa shape index (κ2) is 8.34. The zero-order chi connectivity index (χ0) is 23.2. The molecule has 0 radical (unpaired) electrons. The van der Waals surface area contributed by atoms with Crippen LogP contribution in [0.5, 0.6) is 0 Å². The van der Waals surface area contributed by atoms with E-state index >= 15 is 0 Å². The number of pyridine rings is 1. The number of hydrogen-bond acceptors (Lipinski definition) is 6. The summed E-state index contributed by atoms with van der Waals surface area (Å²) in [5, 5.41) is -1.10. The standard InChI is InChI=1S/C19H19ClF3NO5S2/c1-19(17-16(20)8-15(10-24-17)30(2,25)26)9-13(3-4-29-19)31(27,28)14-6-11(18(22)23)5-12(21)7-14/h5-8,10,13,18H,3-4,9H2,1-2H3. The summed E-state index contributed by atoms with van der Waals surface area (Å²) in [5.74, 6) is -1.08. The van der Waals surface area contributed by atoms with Crippen molar-refractivity contribution in [2.24, 2.45) is 0 Å². The van der Waals surface area contributed by atoms with Crippen molar-refractivity contribution >= 4 is 31.3 Å². The van der Waals surface area contributed by atoms with E-state index in [4.69, 9.17) is 16.3 Å². The first kappa shape index (κ1) is 24.0. The Labute approximate surface area is 183 Å². The van der Waals surface area contributed by atoms with Crippen LogP contribution < -0.4 is 0 Å². The van der Waals surface area contributed by atoms with Crippen molar-refractivity contribution in [3.63, 3.8) is 0 Å². The molecule has 2 atom stereocenters. The molecule has 31 heavy (non-hydrogen) atoms. The Hall–Kier alpha value is -1.69. The van der Waals surface area contributed by atoms with Crippen LogP contribution in [0, 0.1) is 5.82 Å². The van der Waals surface area contributed by atoms with Crippen molar-refractivity contribution in [1.29, 1.82) is 0 Å². The number of halogens is 4. The highest BCUT2D eigenvalue weighted by molar-refractivity contribution is 7.92. The van der Waals surface area contributed by atoms with Gasteiger partial charge in [-0.15, -0.1) is 0 Å². The molecule has 1 aromatic heterocycles. The van der Waals surface area contributed by atoms with Crippen molar-refractivity contribution in [1.82, 2.24) is 4.98 Å². The van der Waals surface area contributed by atoms with E-state index in [-0.39, 0.29) is 35.1 Å². The molecule has 2 aromatic rings. The number of hydrogen-bond donors (Lipinski definition) is 0. The van der Waals surface area contributed by atoms with E-state index in [0.717, 1.165) is 18.5 Å². The lowest BCUT2D eigenvalue weighted by atomic mass is 9.91. The number of rotatable bonds is 5. The molecule has 1 aliphatic rings. The summed E-state index contributed by atoms with van der Waals surface area (Å²) in [4.78, 5) is 3.44. The van der Waals surface area contributed by atoms with E-state index in [1.165, 1.54) is 6.07 Å². The van der Waals surface area contributed by atoms with E-state index < -0.39 is 53.2 Å². The highest BCUT2D eigenvalue weighted by Gasteiger charge is 2.43. The van der Waals surface area contributed by atoms with E-state index in [2.05, 4.69) is 4.98 Å². The second-order valence-corrected chi connectivity index (χ2v) is 12.2. The van der Waals surface area contributed by atoms with Crippen molar-refractivity contribution in [2.75, 3.05) is 12.9 Å². The Balaban J connectivity index is 1.98. The van der Waals surface area contributed by atoms with Crippen LogP contribution in [0.4, 0.5) is 13.2 Å². The first-order valence-electron chi connectivity index (χ1n) is 9.06. The minimum absolute atomic E-state index is 0.0107. The van der Waals surface area contributed by atoms with Gasteiger partial charge in [0.2, 0.25) is 0 Å². The van der Waals surface area contributed by atoms with E-state index in [9.17, 15) is 30.0 Å². The molecule has 0 N–H and O–H groups in total. The lowest BCUT2D eigenvalue weighted by Gasteiger charge is -2.38. The first-order valence-corrected chi connectivity index (χ1v) is 12.9. The topological polar surface area (TPSA) is 90.4 Å². The number of nitrogens with zero attached hydrogens (tertiary/aromatic N) is 1. The summed E-state index contributed by atoms with van der Waals surface area (Å²) in [6.45, 7) is 1.54. The molecule has 1 aliphatic heterocycles. The summed E-state index contributed by atoms with van der Waals surface area (Å²) < 4.78 is 95.2. The van der Waals surface area contributed by atoms with Crippen LogP contribution in [0.25, 0.3) is 0 Å². The quantitative estimate of drug-likeness (QED) is 0.618. The lowest BCUT2D eigenvalue weighted by molar-refractivity contribution is -0.0713. The maximum absolute atomic E-state index is 13.8. The fourth-order valence-electron chi connectivity index (χ4n) is 3.52. The van der Waals surface area contributed by atoms with Gasteiger partial charge in [-0.05, 0) is 44.0 Å². The SMILES string of the molecule is CC1(c2ncc(S(C)(=O)=O)cc2Cl)CC(S(=O)(=O)c2cc(F)cc(C(F)F)c2)CCO1. The molecule has 0 aliphatic carbocycles. The van der Waals surface area contributed by atoms with Gasteiger partial charge in [-0.1, -0.05) is 11.6 Å². The molecule has 2 heterocycles. The van der Waals surface area contributed by atoms with Crippen LogP contribution in [-0.4, -0.2) is 39.9 Å². The molecular formula is C19H19ClF3NO5S2. The lowest BCUT2D eigenvalue weighted by Crippen LogP contribution is -2.41. The molecule has 170 valence electrons. The van der Waals surface area contributed by atoms with Gasteiger partial charge in [0, 0.05) is 24.6 Å². The average molecular weight is 498 g/mol. The first-order chi connectivity index (χ1) is 14.2. The molecule has 12 heteroatoms. The van der Waals surface area contributed by atoms with Crippen LogP contribution in [0.15, 0.2) is 40.3 Å². The second-order valence-electron chi connectivity index (χ2n) is 7.53. The highest BCUT2D eigenvalue weighted by atomic mass is 35.5. The van der Waals surface area contributed by atoms with Gasteiger partial charge < -0.3 is 4.74 Å².